The molecule has 0 bridgehead atoms. The maximum absolute atomic E-state index is 11.4. The van der Waals surface area contributed by atoms with Gasteiger partial charge in [-0.3, -0.25) is 14.4 Å². The number of hydrogen-bond acceptors (Lipinski definition) is 3. The van der Waals surface area contributed by atoms with Crippen molar-refractivity contribution in [3.63, 3.8) is 0 Å². The fraction of sp³-hybridized carbons (Fsp3) is 0.667. The summed E-state index contributed by atoms with van der Waals surface area (Å²) in [6.07, 6.45) is 3.40. The van der Waals surface area contributed by atoms with Crippen LogP contribution in [0.25, 0.3) is 0 Å². The van der Waals surface area contributed by atoms with Gasteiger partial charge < -0.3 is 5.11 Å². The molecule has 1 aliphatic heterocycles. The van der Waals surface area contributed by atoms with Gasteiger partial charge in [0.1, 0.15) is 5.54 Å². The van der Waals surface area contributed by atoms with E-state index < -0.39 is 11.5 Å². The Labute approximate surface area is 101 Å². The lowest BCUT2D eigenvalue weighted by molar-refractivity contribution is -0.150. The second-order valence-electron chi connectivity index (χ2n) is 4.93. The zero-order chi connectivity index (χ0) is 12.6. The molecule has 94 valence electrons. The van der Waals surface area contributed by atoms with E-state index in [0.29, 0.717) is 6.42 Å². The first-order valence-corrected chi connectivity index (χ1v) is 5.95. The molecular weight excluding hydrogens is 218 g/mol. The molecule has 5 nitrogen and oxygen atoms in total. The lowest BCUT2D eigenvalue weighted by atomic mass is 9.97. The molecule has 1 aromatic rings. The third-order valence-electron chi connectivity index (χ3n) is 3.91. The molecule has 1 aliphatic rings. The third-order valence-corrected chi connectivity index (χ3v) is 3.91. The normalized spacial score (nSPS) is 27.2. The Kier molecular flexibility index (Phi) is 2.95. The van der Waals surface area contributed by atoms with Gasteiger partial charge in [0, 0.05) is 19.3 Å². The smallest absolute Gasteiger partial charge is 0.323 e. The van der Waals surface area contributed by atoms with E-state index in [0.717, 1.165) is 18.7 Å². The minimum atomic E-state index is -0.746. The zero-order valence-electron chi connectivity index (χ0n) is 10.6. The molecular formula is C12H19N3O2. The number of aliphatic carboxylic acids is 1. The van der Waals surface area contributed by atoms with Crippen LogP contribution in [0.3, 0.4) is 0 Å². The predicted molar refractivity (Wildman–Crippen MR) is 63.6 cm³/mol. The van der Waals surface area contributed by atoms with Crippen LogP contribution < -0.4 is 0 Å². The highest BCUT2D eigenvalue weighted by atomic mass is 16.4. The second-order valence-corrected chi connectivity index (χ2v) is 4.93. The van der Waals surface area contributed by atoms with Crippen LogP contribution in [0, 0.1) is 0 Å². The number of aromatic nitrogens is 2. The molecule has 0 saturated carbocycles. The molecule has 1 saturated heterocycles. The molecule has 1 aromatic heterocycles. The number of carbonyl (C=O) groups is 1. The number of carboxylic acids is 1. The van der Waals surface area contributed by atoms with Gasteiger partial charge in [0.25, 0.3) is 0 Å². The van der Waals surface area contributed by atoms with E-state index >= 15 is 0 Å². The van der Waals surface area contributed by atoms with Crippen LogP contribution in [0.15, 0.2) is 12.3 Å². The average molecular weight is 237 g/mol. The molecule has 0 aromatic carbocycles. The highest BCUT2D eigenvalue weighted by Gasteiger charge is 2.45. The van der Waals surface area contributed by atoms with Crippen LogP contribution in [0.1, 0.15) is 38.4 Å². The van der Waals surface area contributed by atoms with Gasteiger partial charge >= 0.3 is 5.97 Å². The number of aryl methyl sites for hydroxylation is 1. The van der Waals surface area contributed by atoms with Gasteiger partial charge in [-0.05, 0) is 39.3 Å². The van der Waals surface area contributed by atoms with Gasteiger partial charge in [0.2, 0.25) is 0 Å². The van der Waals surface area contributed by atoms with Crippen LogP contribution in [0.5, 0.6) is 0 Å². The molecule has 2 rings (SSSR count). The van der Waals surface area contributed by atoms with Crippen molar-refractivity contribution >= 4 is 5.97 Å². The second kappa shape index (κ2) is 4.14. The maximum Gasteiger partial charge on any atom is 0.323 e. The Hall–Kier alpha value is -1.36. The van der Waals surface area contributed by atoms with Crippen LogP contribution >= 0.6 is 0 Å². The molecule has 0 aliphatic carbocycles. The molecule has 0 spiro atoms. The van der Waals surface area contributed by atoms with Crippen molar-refractivity contribution < 1.29 is 9.90 Å². The average Bonchev–Trinajstić information content (AvgIpc) is 2.84. The van der Waals surface area contributed by atoms with E-state index in [1.165, 1.54) is 0 Å². The molecule has 17 heavy (non-hydrogen) atoms. The Morgan fingerprint density at radius 1 is 1.65 bits per heavy atom. The van der Waals surface area contributed by atoms with Crippen molar-refractivity contribution in [2.24, 2.45) is 7.05 Å². The summed E-state index contributed by atoms with van der Waals surface area (Å²) in [5.41, 5.74) is 0.309. The Morgan fingerprint density at radius 3 is 2.88 bits per heavy atom. The van der Waals surface area contributed by atoms with Crippen molar-refractivity contribution in [3.05, 3.63) is 18.0 Å². The number of likely N-dealkylation sites (tertiary alicyclic amines) is 1. The molecule has 1 N–H and O–H groups in total. The summed E-state index contributed by atoms with van der Waals surface area (Å²) in [4.78, 5) is 13.5. The Balaban J connectivity index is 2.28. The van der Waals surface area contributed by atoms with Gasteiger partial charge in [-0.15, -0.1) is 0 Å². The van der Waals surface area contributed by atoms with Crippen molar-refractivity contribution in [1.29, 1.82) is 0 Å². The van der Waals surface area contributed by atoms with Crippen molar-refractivity contribution in [2.45, 2.75) is 38.3 Å². The molecule has 2 atom stereocenters. The molecule has 0 radical (unpaired) electrons. The number of carboxylic acid groups (broad SMARTS) is 1. The van der Waals surface area contributed by atoms with Crippen LogP contribution in [0.2, 0.25) is 0 Å². The SMILES string of the molecule is CC(c1ccnn1C)N1CCCC1(C)C(=O)O. The van der Waals surface area contributed by atoms with Gasteiger partial charge in [0.15, 0.2) is 0 Å². The van der Waals surface area contributed by atoms with E-state index in [-0.39, 0.29) is 6.04 Å². The van der Waals surface area contributed by atoms with E-state index in [4.69, 9.17) is 0 Å². The van der Waals surface area contributed by atoms with E-state index in [2.05, 4.69) is 10.00 Å². The third kappa shape index (κ3) is 1.84. The fourth-order valence-corrected chi connectivity index (χ4v) is 2.79. The molecule has 1 fully saturated rings. The summed E-state index contributed by atoms with van der Waals surface area (Å²) in [6, 6.07) is 2.02. The lowest BCUT2D eigenvalue weighted by Gasteiger charge is -2.36. The summed E-state index contributed by atoms with van der Waals surface area (Å²) in [5, 5.41) is 13.5. The minimum Gasteiger partial charge on any atom is -0.480 e. The first kappa shape index (κ1) is 12.1. The summed E-state index contributed by atoms with van der Waals surface area (Å²) in [5.74, 6) is -0.732. The van der Waals surface area contributed by atoms with Gasteiger partial charge in [-0.2, -0.15) is 5.10 Å². The largest absolute Gasteiger partial charge is 0.480 e. The van der Waals surface area contributed by atoms with Gasteiger partial charge in [0.05, 0.1) is 5.69 Å². The minimum absolute atomic E-state index is 0.0751. The Morgan fingerprint density at radius 2 is 2.35 bits per heavy atom. The summed E-state index contributed by atoms with van der Waals surface area (Å²) in [7, 11) is 1.89. The summed E-state index contributed by atoms with van der Waals surface area (Å²) < 4.78 is 1.81. The molecule has 2 heterocycles. The number of hydrogen-bond donors (Lipinski definition) is 1. The highest BCUT2D eigenvalue weighted by Crippen LogP contribution is 2.36. The highest BCUT2D eigenvalue weighted by molar-refractivity contribution is 5.78. The van der Waals surface area contributed by atoms with Crippen molar-refractivity contribution in [3.8, 4) is 0 Å². The lowest BCUT2D eigenvalue weighted by Crippen LogP contribution is -2.49. The number of nitrogens with zero attached hydrogens (tertiary/aromatic N) is 3. The first-order chi connectivity index (χ1) is 7.97. The fourth-order valence-electron chi connectivity index (χ4n) is 2.79. The van der Waals surface area contributed by atoms with Crippen molar-refractivity contribution in [2.75, 3.05) is 6.54 Å². The van der Waals surface area contributed by atoms with Crippen LogP contribution in [-0.2, 0) is 11.8 Å². The van der Waals surface area contributed by atoms with Crippen LogP contribution in [-0.4, -0.2) is 37.8 Å². The topological polar surface area (TPSA) is 58.4 Å². The first-order valence-electron chi connectivity index (χ1n) is 5.95. The monoisotopic (exact) mass is 237 g/mol. The predicted octanol–water partition coefficient (Wildman–Crippen LogP) is 1.42. The van der Waals surface area contributed by atoms with Crippen LogP contribution in [0.4, 0.5) is 0 Å². The standard InChI is InChI=1S/C12H19N3O2/c1-9(10-5-7-13-14(10)3)15-8-4-6-12(15,2)11(16)17/h5,7,9H,4,6,8H2,1-3H3,(H,16,17). The quantitative estimate of drug-likeness (QED) is 0.863. The van der Waals surface area contributed by atoms with E-state index in [1.54, 1.807) is 6.20 Å². The Bertz CT molecular complexity index is 429. The van der Waals surface area contributed by atoms with Crippen molar-refractivity contribution in [1.82, 2.24) is 14.7 Å². The maximum atomic E-state index is 11.4. The summed E-state index contributed by atoms with van der Waals surface area (Å²) >= 11 is 0. The molecule has 0 amide bonds. The molecule has 2 unspecified atom stereocenters. The number of rotatable bonds is 3. The van der Waals surface area contributed by atoms with E-state index in [1.807, 2.05) is 31.6 Å². The van der Waals surface area contributed by atoms with E-state index in [9.17, 15) is 9.90 Å². The van der Waals surface area contributed by atoms with Gasteiger partial charge in [-0.25, -0.2) is 0 Å². The molecule has 5 heteroatoms. The summed E-state index contributed by atoms with van der Waals surface area (Å²) in [6.45, 7) is 4.69. The zero-order valence-corrected chi connectivity index (χ0v) is 10.6. The van der Waals surface area contributed by atoms with Gasteiger partial charge in [-0.1, -0.05) is 0 Å².